The molecule has 0 heterocycles. The largest absolute Gasteiger partial charge is 0.493 e. The summed E-state index contributed by atoms with van der Waals surface area (Å²) in [6.45, 7) is 0.518. The Balaban J connectivity index is 2.04. The van der Waals surface area contributed by atoms with Crippen LogP contribution in [-0.4, -0.2) is 33.3 Å². The van der Waals surface area contributed by atoms with E-state index in [0.717, 1.165) is 5.56 Å². The second-order valence-electron chi connectivity index (χ2n) is 5.75. The number of carbonyl (C=O) groups excluding carboxylic acids is 1. The lowest BCUT2D eigenvalue weighted by atomic mass is 10.1. The van der Waals surface area contributed by atoms with Gasteiger partial charge in [0.2, 0.25) is 0 Å². The fraction of sp³-hybridized carbons (Fsp3) is 0.227. The van der Waals surface area contributed by atoms with Crippen LogP contribution in [0.25, 0.3) is 5.57 Å². The Hall–Kier alpha value is -3.10. The van der Waals surface area contributed by atoms with E-state index in [2.05, 4.69) is 11.2 Å². The van der Waals surface area contributed by atoms with Crippen molar-refractivity contribution in [3.8, 4) is 23.8 Å². The number of nitrogens with one attached hydrogen (secondary N) is 1. The topological polar surface area (TPSA) is 56.8 Å². The van der Waals surface area contributed by atoms with Crippen LogP contribution in [0.5, 0.6) is 11.5 Å². The van der Waals surface area contributed by atoms with E-state index < -0.39 is 0 Å². The molecule has 2 aromatic rings. The Kier molecular flexibility index (Phi) is 8.26. The van der Waals surface area contributed by atoms with Gasteiger partial charge < -0.3 is 19.5 Å². The number of benzene rings is 2. The minimum absolute atomic E-state index is 0.0794. The summed E-state index contributed by atoms with van der Waals surface area (Å²) in [5.41, 5.74) is 2.07. The molecule has 5 nitrogen and oxygen atoms in total. The van der Waals surface area contributed by atoms with Gasteiger partial charge in [0.05, 0.1) is 26.1 Å². The maximum atomic E-state index is 12.6. The Morgan fingerprint density at radius 2 is 1.86 bits per heavy atom. The number of rotatable bonds is 9. The Bertz CT molecular complexity index is 869. The normalized spacial score (nSPS) is 10.7. The van der Waals surface area contributed by atoms with Crippen molar-refractivity contribution < 1.29 is 19.0 Å². The first kappa shape index (κ1) is 21.2. The predicted octanol–water partition coefficient (Wildman–Crippen LogP) is 3.71. The summed E-state index contributed by atoms with van der Waals surface area (Å²) in [6, 6.07) is 12.6. The van der Waals surface area contributed by atoms with E-state index in [1.165, 1.54) is 6.26 Å². The standard InChI is InChI=1S/C22H22ClNO4/c1-4-13-28-15-19(17-6-8-18(23)9-7-17)22(25)24-12-11-16-5-10-20(26-2)21(14-16)27-3/h1,5-10,14-15H,11-13H2,2-3H3,(H,24,25)/b19-15-. The highest BCUT2D eigenvalue weighted by Crippen LogP contribution is 2.27. The van der Waals surface area contributed by atoms with Crippen LogP contribution in [0.3, 0.4) is 0 Å². The molecule has 28 heavy (non-hydrogen) atoms. The lowest BCUT2D eigenvalue weighted by Crippen LogP contribution is -2.26. The molecule has 0 radical (unpaired) electrons. The van der Waals surface area contributed by atoms with E-state index >= 15 is 0 Å². The third kappa shape index (κ3) is 5.97. The highest BCUT2D eigenvalue weighted by molar-refractivity contribution is 6.30. The highest BCUT2D eigenvalue weighted by Gasteiger charge is 2.13. The minimum Gasteiger partial charge on any atom is -0.493 e. The molecule has 1 N–H and O–H groups in total. The third-order valence-corrected chi connectivity index (χ3v) is 4.17. The van der Waals surface area contributed by atoms with Gasteiger partial charge in [-0.1, -0.05) is 35.7 Å². The first-order chi connectivity index (χ1) is 13.6. The number of methoxy groups -OCH3 is 2. The molecule has 0 fully saturated rings. The lowest BCUT2D eigenvalue weighted by molar-refractivity contribution is -0.115. The number of terminal acetylenes is 1. The molecule has 146 valence electrons. The van der Waals surface area contributed by atoms with Gasteiger partial charge in [0, 0.05) is 11.6 Å². The summed E-state index contributed by atoms with van der Waals surface area (Å²) in [5.74, 6) is 3.41. The minimum atomic E-state index is -0.264. The third-order valence-electron chi connectivity index (χ3n) is 3.91. The van der Waals surface area contributed by atoms with Gasteiger partial charge in [0.1, 0.15) is 6.61 Å². The van der Waals surface area contributed by atoms with E-state index in [9.17, 15) is 4.79 Å². The first-order valence-electron chi connectivity index (χ1n) is 8.59. The van der Waals surface area contributed by atoms with Gasteiger partial charge in [-0.2, -0.15) is 0 Å². The quantitative estimate of drug-likeness (QED) is 0.302. The smallest absolute Gasteiger partial charge is 0.255 e. The molecule has 2 rings (SSSR count). The van der Waals surface area contributed by atoms with Crippen LogP contribution in [0.2, 0.25) is 5.02 Å². The lowest BCUT2D eigenvalue weighted by Gasteiger charge is -2.11. The molecule has 0 spiro atoms. The van der Waals surface area contributed by atoms with Crippen molar-refractivity contribution in [1.82, 2.24) is 5.32 Å². The molecule has 0 unspecified atom stereocenters. The van der Waals surface area contributed by atoms with E-state index in [0.29, 0.717) is 40.6 Å². The fourth-order valence-electron chi connectivity index (χ4n) is 2.51. The number of ether oxygens (including phenoxy) is 3. The zero-order valence-corrected chi connectivity index (χ0v) is 16.6. The zero-order chi connectivity index (χ0) is 20.4. The zero-order valence-electron chi connectivity index (χ0n) is 15.8. The van der Waals surface area contributed by atoms with E-state index in [-0.39, 0.29) is 12.5 Å². The summed E-state index contributed by atoms with van der Waals surface area (Å²) in [5, 5.41) is 3.48. The van der Waals surface area contributed by atoms with Crippen LogP contribution in [-0.2, 0) is 16.0 Å². The van der Waals surface area contributed by atoms with Crippen molar-refractivity contribution >= 4 is 23.1 Å². The molecule has 6 heteroatoms. The summed E-state index contributed by atoms with van der Waals surface area (Å²) < 4.78 is 15.8. The van der Waals surface area contributed by atoms with Crippen molar-refractivity contribution in [2.45, 2.75) is 6.42 Å². The summed E-state index contributed by atoms with van der Waals surface area (Å²) in [7, 11) is 3.17. The van der Waals surface area contributed by atoms with Crippen LogP contribution in [0.15, 0.2) is 48.7 Å². The molecular weight excluding hydrogens is 378 g/mol. The molecule has 0 saturated carbocycles. The second kappa shape index (κ2) is 10.9. The Morgan fingerprint density at radius 1 is 1.14 bits per heavy atom. The average Bonchev–Trinajstić information content (AvgIpc) is 2.72. The fourth-order valence-corrected chi connectivity index (χ4v) is 2.63. The van der Waals surface area contributed by atoms with Gasteiger partial charge >= 0.3 is 0 Å². The number of hydrogen-bond acceptors (Lipinski definition) is 4. The van der Waals surface area contributed by atoms with Crippen molar-refractivity contribution in [2.24, 2.45) is 0 Å². The van der Waals surface area contributed by atoms with Gasteiger partial charge in [0.25, 0.3) is 5.91 Å². The molecule has 0 aromatic heterocycles. The van der Waals surface area contributed by atoms with Gasteiger partial charge in [-0.15, -0.1) is 6.42 Å². The molecule has 0 aliphatic rings. The molecule has 0 aliphatic heterocycles. The van der Waals surface area contributed by atoms with Crippen molar-refractivity contribution in [1.29, 1.82) is 0 Å². The maximum absolute atomic E-state index is 12.6. The van der Waals surface area contributed by atoms with Crippen LogP contribution in [0.4, 0.5) is 0 Å². The van der Waals surface area contributed by atoms with Crippen LogP contribution < -0.4 is 14.8 Å². The molecule has 1 amide bonds. The summed E-state index contributed by atoms with van der Waals surface area (Å²) >= 11 is 5.92. The van der Waals surface area contributed by atoms with Crippen LogP contribution in [0, 0.1) is 12.3 Å². The average molecular weight is 400 g/mol. The Morgan fingerprint density at radius 3 is 2.50 bits per heavy atom. The first-order valence-corrected chi connectivity index (χ1v) is 8.97. The predicted molar refractivity (Wildman–Crippen MR) is 110 cm³/mol. The van der Waals surface area contributed by atoms with E-state index in [1.807, 2.05) is 18.2 Å². The van der Waals surface area contributed by atoms with Gasteiger partial charge in [-0.05, 0) is 41.8 Å². The number of halogens is 1. The number of carbonyl (C=O) groups is 1. The molecule has 0 atom stereocenters. The van der Waals surface area contributed by atoms with Crippen molar-refractivity contribution in [2.75, 3.05) is 27.4 Å². The monoisotopic (exact) mass is 399 g/mol. The maximum Gasteiger partial charge on any atom is 0.255 e. The second-order valence-corrected chi connectivity index (χ2v) is 6.19. The summed E-state index contributed by atoms with van der Waals surface area (Å²) in [4.78, 5) is 12.6. The molecule has 0 aliphatic carbocycles. The van der Waals surface area contributed by atoms with Crippen LogP contribution >= 0.6 is 11.6 Å². The van der Waals surface area contributed by atoms with Gasteiger partial charge in [-0.25, -0.2) is 0 Å². The van der Waals surface area contributed by atoms with Gasteiger partial charge in [0.15, 0.2) is 11.5 Å². The molecule has 0 saturated heterocycles. The number of amides is 1. The Labute approximate surface area is 170 Å². The SMILES string of the molecule is C#CCO/C=C(\C(=O)NCCc1ccc(OC)c(OC)c1)c1ccc(Cl)cc1. The molecule has 0 bridgehead atoms. The summed E-state index contributed by atoms with van der Waals surface area (Å²) in [6.07, 6.45) is 7.20. The van der Waals surface area contributed by atoms with Gasteiger partial charge in [-0.3, -0.25) is 4.79 Å². The number of hydrogen-bond donors (Lipinski definition) is 1. The highest BCUT2D eigenvalue weighted by atomic mass is 35.5. The van der Waals surface area contributed by atoms with Crippen LogP contribution in [0.1, 0.15) is 11.1 Å². The van der Waals surface area contributed by atoms with E-state index in [4.69, 9.17) is 32.2 Å². The molecular formula is C22H22ClNO4. The van der Waals surface area contributed by atoms with Crippen molar-refractivity contribution in [3.05, 3.63) is 64.9 Å². The molecule has 2 aromatic carbocycles. The van der Waals surface area contributed by atoms with Crippen molar-refractivity contribution in [3.63, 3.8) is 0 Å². The van der Waals surface area contributed by atoms with E-state index in [1.54, 1.807) is 38.5 Å².